The number of carbonyl (C=O) groups excluding carboxylic acids is 2. The number of rotatable bonds is 4. The fraction of sp³-hybridized carbons (Fsp3) is 0.579. The molecule has 1 amide bonds. The third-order valence-corrected chi connectivity index (χ3v) is 5.18. The van der Waals surface area contributed by atoms with Crippen molar-refractivity contribution in [3.8, 4) is 0 Å². The van der Waals surface area contributed by atoms with E-state index in [-0.39, 0.29) is 23.7 Å². The molecule has 2 atom stereocenters. The maximum atomic E-state index is 12.7. The monoisotopic (exact) mass is 314 g/mol. The van der Waals surface area contributed by atoms with Crippen LogP contribution in [-0.4, -0.2) is 30.7 Å². The summed E-state index contributed by atoms with van der Waals surface area (Å²) < 4.78 is 0. The lowest BCUT2D eigenvalue weighted by Gasteiger charge is -2.37. The number of amides is 1. The van der Waals surface area contributed by atoms with Crippen LogP contribution in [0.2, 0.25) is 0 Å². The van der Waals surface area contributed by atoms with E-state index in [0.29, 0.717) is 5.78 Å². The van der Waals surface area contributed by atoms with Crippen LogP contribution >= 0.6 is 0 Å². The van der Waals surface area contributed by atoms with Gasteiger partial charge in [0.1, 0.15) is 5.78 Å². The fourth-order valence-electron chi connectivity index (χ4n) is 4.05. The minimum atomic E-state index is -0.0181. The molecule has 0 aliphatic heterocycles. The zero-order chi connectivity index (χ0) is 16.4. The molecule has 0 radical (unpaired) electrons. The molecule has 4 heteroatoms. The fourth-order valence-corrected chi connectivity index (χ4v) is 4.05. The highest BCUT2D eigenvalue weighted by atomic mass is 16.2. The summed E-state index contributed by atoms with van der Waals surface area (Å²) in [5.74, 6) is 0.717. The van der Waals surface area contributed by atoms with E-state index in [9.17, 15) is 9.59 Å². The van der Waals surface area contributed by atoms with Crippen molar-refractivity contribution in [3.05, 3.63) is 29.8 Å². The molecule has 124 valence electrons. The van der Waals surface area contributed by atoms with Crippen LogP contribution in [0, 0.1) is 17.8 Å². The topological polar surface area (TPSA) is 49.4 Å². The molecule has 1 aromatic carbocycles. The van der Waals surface area contributed by atoms with Crippen LogP contribution in [0.3, 0.4) is 0 Å². The molecule has 0 spiro atoms. The van der Waals surface area contributed by atoms with E-state index in [1.165, 1.54) is 0 Å². The Morgan fingerprint density at radius 3 is 2.48 bits per heavy atom. The predicted octanol–water partition coefficient (Wildman–Crippen LogP) is 3.08. The lowest BCUT2D eigenvalue weighted by atomic mass is 9.67. The molecule has 1 aromatic rings. The van der Waals surface area contributed by atoms with Gasteiger partial charge in [-0.05, 0) is 51.4 Å². The van der Waals surface area contributed by atoms with E-state index < -0.39 is 0 Å². The van der Waals surface area contributed by atoms with Gasteiger partial charge in [-0.1, -0.05) is 24.6 Å². The first-order chi connectivity index (χ1) is 11.0. The number of nitrogens with one attached hydrogen (secondary N) is 1. The van der Waals surface area contributed by atoms with Gasteiger partial charge in [-0.3, -0.25) is 9.59 Å². The van der Waals surface area contributed by atoms with Gasteiger partial charge in [-0.2, -0.15) is 0 Å². The molecule has 0 heterocycles. The number of ketones is 1. The van der Waals surface area contributed by atoms with Gasteiger partial charge in [-0.25, -0.2) is 0 Å². The normalized spacial score (nSPS) is 27.1. The summed E-state index contributed by atoms with van der Waals surface area (Å²) in [7, 11) is 4.04. The molecule has 2 aliphatic rings. The summed E-state index contributed by atoms with van der Waals surface area (Å²) in [4.78, 5) is 27.0. The molecular weight excluding hydrogens is 288 g/mol. The van der Waals surface area contributed by atoms with Gasteiger partial charge in [0.15, 0.2) is 0 Å². The van der Waals surface area contributed by atoms with Crippen LogP contribution in [-0.2, 0) is 16.1 Å². The summed E-state index contributed by atoms with van der Waals surface area (Å²) in [6.45, 7) is 0.796. The van der Waals surface area contributed by atoms with Gasteiger partial charge in [0.25, 0.3) is 0 Å². The Hall–Kier alpha value is -1.68. The molecule has 2 bridgehead atoms. The van der Waals surface area contributed by atoms with E-state index >= 15 is 0 Å². The average molecular weight is 314 g/mol. The quantitative estimate of drug-likeness (QED) is 0.929. The van der Waals surface area contributed by atoms with Crippen molar-refractivity contribution in [1.29, 1.82) is 0 Å². The first kappa shape index (κ1) is 16.2. The van der Waals surface area contributed by atoms with Crippen molar-refractivity contribution >= 4 is 17.4 Å². The average Bonchev–Trinajstić information content (AvgIpc) is 2.48. The number of benzene rings is 1. The van der Waals surface area contributed by atoms with Gasteiger partial charge < -0.3 is 10.2 Å². The van der Waals surface area contributed by atoms with Crippen LogP contribution < -0.4 is 5.32 Å². The van der Waals surface area contributed by atoms with Crippen LogP contribution in [0.4, 0.5) is 5.69 Å². The van der Waals surface area contributed by atoms with Crippen molar-refractivity contribution in [2.24, 2.45) is 17.8 Å². The number of para-hydroxylation sites is 1. The summed E-state index contributed by atoms with van der Waals surface area (Å²) in [5, 5.41) is 3.11. The lowest BCUT2D eigenvalue weighted by Crippen LogP contribution is -2.40. The zero-order valence-electron chi connectivity index (χ0n) is 14.0. The number of Topliss-reactive ketones (excluding diaryl/α,β-unsaturated/α-hetero) is 1. The minimum absolute atomic E-state index is 0.0181. The highest BCUT2D eigenvalue weighted by Crippen LogP contribution is 2.40. The number of fused-ring (bicyclic) bond motifs is 2. The van der Waals surface area contributed by atoms with E-state index in [4.69, 9.17) is 0 Å². The van der Waals surface area contributed by atoms with Crippen LogP contribution in [0.1, 0.15) is 37.7 Å². The van der Waals surface area contributed by atoms with Gasteiger partial charge >= 0.3 is 0 Å². The summed E-state index contributed by atoms with van der Waals surface area (Å²) in [6.07, 6.45) is 4.54. The largest absolute Gasteiger partial charge is 0.326 e. The Bertz CT molecular complexity index is 581. The zero-order valence-corrected chi connectivity index (χ0v) is 14.0. The lowest BCUT2D eigenvalue weighted by molar-refractivity contribution is -0.136. The Morgan fingerprint density at radius 2 is 1.83 bits per heavy atom. The predicted molar refractivity (Wildman–Crippen MR) is 91.0 cm³/mol. The molecule has 2 aliphatic carbocycles. The maximum Gasteiger partial charge on any atom is 0.227 e. The molecule has 23 heavy (non-hydrogen) atoms. The maximum absolute atomic E-state index is 12.7. The van der Waals surface area contributed by atoms with Crippen LogP contribution in [0.15, 0.2) is 24.3 Å². The van der Waals surface area contributed by atoms with E-state index in [0.717, 1.165) is 49.9 Å². The number of carbonyl (C=O) groups is 2. The smallest absolute Gasteiger partial charge is 0.227 e. The van der Waals surface area contributed by atoms with Crippen molar-refractivity contribution in [3.63, 3.8) is 0 Å². The van der Waals surface area contributed by atoms with E-state index in [1.54, 1.807) is 0 Å². The Labute approximate surface area is 138 Å². The van der Waals surface area contributed by atoms with Gasteiger partial charge in [0.2, 0.25) is 5.91 Å². The third kappa shape index (κ3) is 3.63. The number of hydrogen-bond donors (Lipinski definition) is 1. The van der Waals surface area contributed by atoms with Crippen molar-refractivity contribution < 1.29 is 9.59 Å². The number of nitrogens with zero attached hydrogens (tertiary/aromatic N) is 1. The summed E-state index contributed by atoms with van der Waals surface area (Å²) >= 11 is 0. The number of anilines is 1. The van der Waals surface area contributed by atoms with Crippen molar-refractivity contribution in [2.75, 3.05) is 19.4 Å². The van der Waals surface area contributed by atoms with Crippen LogP contribution in [0.5, 0.6) is 0 Å². The van der Waals surface area contributed by atoms with Crippen molar-refractivity contribution in [1.82, 2.24) is 4.90 Å². The van der Waals surface area contributed by atoms with Gasteiger partial charge in [-0.15, -0.1) is 0 Å². The molecule has 1 N–H and O–H groups in total. The Kier molecular flexibility index (Phi) is 4.81. The first-order valence-corrected chi connectivity index (χ1v) is 8.62. The molecular formula is C19H26N2O2. The summed E-state index contributed by atoms with van der Waals surface area (Å²) in [5.41, 5.74) is 2.02. The molecule has 2 saturated carbocycles. The van der Waals surface area contributed by atoms with E-state index in [2.05, 4.69) is 16.3 Å². The molecule has 2 fully saturated rings. The molecule has 0 saturated heterocycles. The number of hydrogen-bond acceptors (Lipinski definition) is 3. The van der Waals surface area contributed by atoms with Gasteiger partial charge in [0.05, 0.1) is 0 Å². The molecule has 0 aromatic heterocycles. The molecule has 4 nitrogen and oxygen atoms in total. The third-order valence-electron chi connectivity index (χ3n) is 5.18. The standard InChI is InChI=1S/C19H26N2O2/c1-21(2)12-15-6-3-4-9-17(15)20-19(23)16-10-13-7-5-8-14(11-16)18(13)22/h3-4,6,9,13-14,16H,5,7-8,10-12H2,1-2H3,(H,20,23). The second kappa shape index (κ2) is 6.83. The highest BCUT2D eigenvalue weighted by Gasteiger charge is 2.41. The van der Waals surface area contributed by atoms with Gasteiger partial charge in [0, 0.05) is 30.0 Å². The SMILES string of the molecule is CN(C)Cc1ccccc1NC(=O)C1CC2CCCC(C1)C2=O. The minimum Gasteiger partial charge on any atom is -0.326 e. The Morgan fingerprint density at radius 1 is 1.17 bits per heavy atom. The highest BCUT2D eigenvalue weighted by molar-refractivity contribution is 5.95. The van der Waals surface area contributed by atoms with Crippen LogP contribution in [0.25, 0.3) is 0 Å². The second-order valence-corrected chi connectivity index (χ2v) is 7.28. The van der Waals surface area contributed by atoms with Crippen molar-refractivity contribution in [2.45, 2.75) is 38.6 Å². The van der Waals surface area contributed by atoms with E-state index in [1.807, 2.05) is 32.3 Å². The second-order valence-electron chi connectivity index (χ2n) is 7.28. The molecule has 2 unspecified atom stereocenters. The summed E-state index contributed by atoms with van der Waals surface area (Å²) in [6, 6.07) is 7.96. The Balaban J connectivity index is 1.69. The molecule has 3 rings (SSSR count). The first-order valence-electron chi connectivity index (χ1n) is 8.62.